The molecule has 4 rings (SSSR count). The van der Waals surface area contributed by atoms with E-state index in [4.69, 9.17) is 18.9 Å². The van der Waals surface area contributed by atoms with Crippen LogP contribution in [0.25, 0.3) is 5.76 Å². The molecule has 2 aliphatic rings. The molecule has 37 heavy (non-hydrogen) atoms. The number of alkyl carbamates (subject to hydrolysis) is 1. The summed E-state index contributed by atoms with van der Waals surface area (Å²) >= 11 is 0. The third-order valence-electron chi connectivity index (χ3n) is 5.83. The Hall–Kier alpha value is -4.41. The third kappa shape index (κ3) is 7.29. The molecule has 1 saturated carbocycles. The van der Waals surface area contributed by atoms with Gasteiger partial charge in [-0.05, 0) is 42.7 Å². The topological polar surface area (TPSA) is 136 Å². The second-order valence-corrected chi connectivity index (χ2v) is 8.62. The van der Waals surface area contributed by atoms with E-state index in [9.17, 15) is 14.4 Å². The summed E-state index contributed by atoms with van der Waals surface area (Å²) in [4.78, 5) is 35.8. The standard InChI is InChI=1S/C26H30N4O7/c1-16(31)36-20-7-8-21(12-20)37-26(33)28-13-17-4-3-5-18(10-17)29-25(32)30-19-6-9-22(23(11-19)34-2)24-14-27-15-35-24/h3-6,9-11,14,20-21,27H,7-8,12-13,15H2,1-2H3,(H,28,33)(H2,29,30,32)/t20-,21+/m0/s1. The number of carbonyl (C=O) groups is 3. The average molecular weight is 511 g/mol. The Morgan fingerprint density at radius 2 is 1.78 bits per heavy atom. The van der Waals surface area contributed by atoms with Gasteiger partial charge in [0, 0.05) is 43.5 Å². The summed E-state index contributed by atoms with van der Waals surface area (Å²) in [5, 5.41) is 11.3. The first-order valence-electron chi connectivity index (χ1n) is 11.9. The Morgan fingerprint density at radius 1 is 1.03 bits per heavy atom. The van der Waals surface area contributed by atoms with Crippen molar-refractivity contribution in [2.24, 2.45) is 0 Å². The predicted molar refractivity (Wildman–Crippen MR) is 136 cm³/mol. The Morgan fingerprint density at radius 3 is 2.49 bits per heavy atom. The van der Waals surface area contributed by atoms with E-state index in [0.29, 0.717) is 48.9 Å². The van der Waals surface area contributed by atoms with Crippen molar-refractivity contribution in [2.45, 2.75) is 44.9 Å². The number of benzene rings is 2. The van der Waals surface area contributed by atoms with Gasteiger partial charge < -0.3 is 40.2 Å². The number of urea groups is 1. The molecule has 1 aliphatic carbocycles. The van der Waals surface area contributed by atoms with Gasteiger partial charge in [-0.25, -0.2) is 9.59 Å². The molecule has 11 heteroatoms. The number of hydrogen-bond acceptors (Lipinski definition) is 8. The second-order valence-electron chi connectivity index (χ2n) is 8.62. The molecule has 0 bridgehead atoms. The van der Waals surface area contributed by atoms with E-state index < -0.39 is 12.1 Å². The van der Waals surface area contributed by atoms with Crippen LogP contribution >= 0.6 is 0 Å². The normalized spacial score (nSPS) is 18.1. The van der Waals surface area contributed by atoms with Gasteiger partial charge in [0.15, 0.2) is 6.73 Å². The molecule has 2 atom stereocenters. The largest absolute Gasteiger partial charge is 0.496 e. The number of carbonyl (C=O) groups excluding carboxylic acids is 3. The SMILES string of the molecule is COc1cc(NC(=O)Nc2cccc(CNC(=O)O[C@@H]3CC[C@H](OC(C)=O)C3)c2)ccc1C1=CNCO1. The van der Waals surface area contributed by atoms with Crippen LogP contribution in [0, 0.1) is 0 Å². The summed E-state index contributed by atoms with van der Waals surface area (Å²) in [5.74, 6) is 0.892. The highest BCUT2D eigenvalue weighted by Gasteiger charge is 2.29. The van der Waals surface area contributed by atoms with Crippen LogP contribution in [0.15, 0.2) is 48.7 Å². The minimum Gasteiger partial charge on any atom is -0.496 e. The van der Waals surface area contributed by atoms with Crippen molar-refractivity contribution < 1.29 is 33.3 Å². The Bertz CT molecular complexity index is 1180. The van der Waals surface area contributed by atoms with E-state index in [1.807, 2.05) is 6.07 Å². The lowest BCUT2D eigenvalue weighted by Gasteiger charge is -2.14. The summed E-state index contributed by atoms with van der Waals surface area (Å²) in [7, 11) is 1.55. The fourth-order valence-corrected chi connectivity index (χ4v) is 4.19. The molecule has 0 aromatic heterocycles. The lowest BCUT2D eigenvalue weighted by molar-refractivity contribution is -0.146. The van der Waals surface area contributed by atoms with Crippen LogP contribution in [0.5, 0.6) is 5.75 Å². The Labute approximate surface area is 214 Å². The molecule has 0 saturated heterocycles. The minimum atomic E-state index is -0.545. The van der Waals surface area contributed by atoms with E-state index in [2.05, 4.69) is 21.3 Å². The van der Waals surface area contributed by atoms with Gasteiger partial charge in [0.05, 0.1) is 12.7 Å². The average Bonchev–Trinajstić information content (AvgIpc) is 3.55. The van der Waals surface area contributed by atoms with Gasteiger partial charge >= 0.3 is 18.1 Å². The predicted octanol–water partition coefficient (Wildman–Crippen LogP) is 3.93. The van der Waals surface area contributed by atoms with Gasteiger partial charge in [0.25, 0.3) is 0 Å². The highest BCUT2D eigenvalue weighted by Crippen LogP contribution is 2.31. The maximum atomic E-state index is 12.6. The molecule has 2 aromatic rings. The van der Waals surface area contributed by atoms with Crippen molar-refractivity contribution in [3.05, 3.63) is 59.8 Å². The van der Waals surface area contributed by atoms with Crippen LogP contribution < -0.4 is 26.0 Å². The molecular formula is C26H30N4O7. The van der Waals surface area contributed by atoms with Crippen LogP contribution in [0.1, 0.15) is 37.3 Å². The lowest BCUT2D eigenvalue weighted by atomic mass is 10.1. The Kier molecular flexibility index (Phi) is 8.34. The van der Waals surface area contributed by atoms with E-state index in [-0.39, 0.29) is 24.7 Å². The molecule has 0 spiro atoms. The van der Waals surface area contributed by atoms with E-state index >= 15 is 0 Å². The number of ether oxygens (including phenoxy) is 4. The van der Waals surface area contributed by atoms with Crippen LogP contribution in [-0.4, -0.2) is 44.1 Å². The summed E-state index contributed by atoms with van der Waals surface area (Å²) < 4.78 is 21.5. The molecule has 0 unspecified atom stereocenters. The molecule has 1 aliphatic heterocycles. The maximum absolute atomic E-state index is 12.6. The second kappa shape index (κ2) is 12.0. The van der Waals surface area contributed by atoms with Gasteiger partial charge in [-0.1, -0.05) is 12.1 Å². The number of nitrogens with one attached hydrogen (secondary N) is 4. The number of anilines is 2. The van der Waals surface area contributed by atoms with Crippen molar-refractivity contribution in [3.8, 4) is 5.75 Å². The molecule has 3 amide bonds. The number of amides is 3. The van der Waals surface area contributed by atoms with Crippen molar-refractivity contribution in [2.75, 3.05) is 24.5 Å². The quantitative estimate of drug-likeness (QED) is 0.392. The highest BCUT2D eigenvalue weighted by molar-refractivity contribution is 6.00. The smallest absolute Gasteiger partial charge is 0.407 e. The van der Waals surface area contributed by atoms with Crippen molar-refractivity contribution >= 4 is 35.2 Å². The molecule has 196 valence electrons. The molecule has 1 fully saturated rings. The maximum Gasteiger partial charge on any atom is 0.407 e. The zero-order chi connectivity index (χ0) is 26.2. The number of rotatable bonds is 8. The summed E-state index contributed by atoms with van der Waals surface area (Å²) in [6.45, 7) is 1.99. The molecule has 4 N–H and O–H groups in total. The van der Waals surface area contributed by atoms with Gasteiger partial charge in [-0.3, -0.25) is 4.79 Å². The molecular weight excluding hydrogens is 480 g/mol. The minimum absolute atomic E-state index is 0.209. The summed E-state index contributed by atoms with van der Waals surface area (Å²) in [6, 6.07) is 11.9. The van der Waals surface area contributed by atoms with Crippen molar-refractivity contribution in [1.29, 1.82) is 0 Å². The molecule has 2 aromatic carbocycles. The first-order valence-corrected chi connectivity index (χ1v) is 11.9. The first-order chi connectivity index (χ1) is 17.9. The first kappa shape index (κ1) is 25.7. The van der Waals surface area contributed by atoms with Crippen LogP contribution in [0.3, 0.4) is 0 Å². The van der Waals surface area contributed by atoms with Gasteiger partial charge in [0.1, 0.15) is 23.7 Å². The number of hydrogen-bond donors (Lipinski definition) is 4. The fraction of sp³-hybridized carbons (Fsp3) is 0.346. The molecule has 1 heterocycles. The molecule has 11 nitrogen and oxygen atoms in total. The monoisotopic (exact) mass is 510 g/mol. The van der Waals surface area contributed by atoms with Crippen LogP contribution in [0.4, 0.5) is 21.0 Å². The zero-order valence-electron chi connectivity index (χ0n) is 20.7. The van der Waals surface area contributed by atoms with Gasteiger partial charge in [-0.2, -0.15) is 0 Å². The van der Waals surface area contributed by atoms with E-state index in [1.165, 1.54) is 6.92 Å². The van der Waals surface area contributed by atoms with Crippen LogP contribution in [-0.2, 0) is 25.5 Å². The third-order valence-corrected chi connectivity index (χ3v) is 5.83. The fourth-order valence-electron chi connectivity index (χ4n) is 4.19. The summed E-state index contributed by atoms with van der Waals surface area (Å²) in [6.07, 6.45) is 2.54. The Balaban J connectivity index is 1.26. The zero-order valence-corrected chi connectivity index (χ0v) is 20.7. The molecule has 0 radical (unpaired) electrons. The van der Waals surface area contributed by atoms with E-state index in [0.717, 1.165) is 11.1 Å². The van der Waals surface area contributed by atoms with Crippen molar-refractivity contribution in [1.82, 2.24) is 10.6 Å². The van der Waals surface area contributed by atoms with Crippen LogP contribution in [0.2, 0.25) is 0 Å². The lowest BCUT2D eigenvalue weighted by Crippen LogP contribution is -2.28. The highest BCUT2D eigenvalue weighted by atomic mass is 16.6. The number of methoxy groups -OCH3 is 1. The summed E-state index contributed by atoms with van der Waals surface area (Å²) in [5.41, 5.74) is 2.66. The van der Waals surface area contributed by atoms with Crippen molar-refractivity contribution in [3.63, 3.8) is 0 Å². The van der Waals surface area contributed by atoms with Gasteiger partial charge in [-0.15, -0.1) is 0 Å². The van der Waals surface area contributed by atoms with E-state index in [1.54, 1.807) is 49.7 Å². The van der Waals surface area contributed by atoms with Gasteiger partial charge in [0.2, 0.25) is 0 Å². The number of esters is 1.